The number of aromatic amines is 1. The van der Waals surface area contributed by atoms with E-state index in [2.05, 4.69) is 19.9 Å². The minimum atomic E-state index is 0.231. The number of nitrogen functional groups attached to an aromatic ring is 1. The van der Waals surface area contributed by atoms with Crippen molar-refractivity contribution in [3.8, 4) is 22.6 Å². The van der Waals surface area contributed by atoms with E-state index in [0.29, 0.717) is 5.65 Å². The summed E-state index contributed by atoms with van der Waals surface area (Å²) in [7, 11) is 0. The minimum absolute atomic E-state index is 0.231. The fourth-order valence-electron chi connectivity index (χ4n) is 2.45. The number of hydrogen-bond acceptors (Lipinski definition) is 4. The molecule has 2 aromatic heterocycles. The second-order valence-electron chi connectivity index (χ2n) is 4.95. The molecule has 0 fully saturated rings. The first kappa shape index (κ1) is 12.5. The Labute approximate surface area is 126 Å². The van der Waals surface area contributed by atoms with Crippen molar-refractivity contribution in [1.29, 1.82) is 0 Å². The number of fused-ring (bicyclic) bond motifs is 1. The van der Waals surface area contributed by atoms with Gasteiger partial charge in [0.1, 0.15) is 17.0 Å². The summed E-state index contributed by atoms with van der Waals surface area (Å²) < 4.78 is 0. The molecule has 0 saturated heterocycles. The number of benzene rings is 2. The molecule has 2 aromatic carbocycles. The van der Waals surface area contributed by atoms with Crippen molar-refractivity contribution in [1.82, 2.24) is 19.9 Å². The monoisotopic (exact) mass is 287 g/mol. The molecule has 106 valence electrons. The molecule has 0 amide bonds. The molecule has 0 aliphatic rings. The van der Waals surface area contributed by atoms with E-state index in [1.807, 2.05) is 60.7 Å². The lowest BCUT2D eigenvalue weighted by Gasteiger charge is -2.02. The van der Waals surface area contributed by atoms with Crippen LogP contribution in [-0.2, 0) is 0 Å². The van der Waals surface area contributed by atoms with Crippen molar-refractivity contribution in [3.05, 3.63) is 60.7 Å². The predicted octanol–water partition coefficient (Wildman–Crippen LogP) is 3.27. The van der Waals surface area contributed by atoms with Crippen molar-refractivity contribution in [3.63, 3.8) is 0 Å². The first-order valence-electron chi connectivity index (χ1n) is 6.95. The summed E-state index contributed by atoms with van der Waals surface area (Å²) in [6.45, 7) is 0. The van der Waals surface area contributed by atoms with E-state index in [4.69, 9.17) is 5.73 Å². The van der Waals surface area contributed by atoms with Crippen molar-refractivity contribution in [2.24, 2.45) is 0 Å². The van der Waals surface area contributed by atoms with Crippen LogP contribution in [0.25, 0.3) is 33.8 Å². The van der Waals surface area contributed by atoms with E-state index in [0.717, 1.165) is 28.2 Å². The van der Waals surface area contributed by atoms with Crippen LogP contribution in [0, 0.1) is 0 Å². The Hall–Kier alpha value is -3.21. The SMILES string of the molecule is Nc1nc(-c2ccccc2)c2nc(-c3ccccc3)[nH]c2n1. The minimum Gasteiger partial charge on any atom is -0.368 e. The zero-order valence-electron chi connectivity index (χ0n) is 11.7. The highest BCUT2D eigenvalue weighted by Gasteiger charge is 2.14. The van der Waals surface area contributed by atoms with E-state index in [1.54, 1.807) is 0 Å². The summed E-state index contributed by atoms with van der Waals surface area (Å²) in [4.78, 5) is 16.5. The van der Waals surface area contributed by atoms with Crippen molar-refractivity contribution >= 4 is 17.1 Å². The third-order valence-corrected chi connectivity index (χ3v) is 3.46. The Morgan fingerprint density at radius 1 is 0.727 bits per heavy atom. The Morgan fingerprint density at radius 3 is 2.05 bits per heavy atom. The number of H-pyrrole nitrogens is 1. The molecule has 0 aliphatic heterocycles. The van der Waals surface area contributed by atoms with Gasteiger partial charge in [-0.1, -0.05) is 60.7 Å². The van der Waals surface area contributed by atoms with Crippen LogP contribution in [0.1, 0.15) is 0 Å². The smallest absolute Gasteiger partial charge is 0.222 e. The lowest BCUT2D eigenvalue weighted by atomic mass is 10.1. The average Bonchev–Trinajstić information content (AvgIpc) is 2.99. The Bertz CT molecular complexity index is 929. The lowest BCUT2D eigenvalue weighted by Crippen LogP contribution is -1.97. The average molecular weight is 287 g/mol. The number of anilines is 1. The van der Waals surface area contributed by atoms with Crippen LogP contribution in [0.15, 0.2) is 60.7 Å². The van der Waals surface area contributed by atoms with E-state index < -0.39 is 0 Å². The molecule has 22 heavy (non-hydrogen) atoms. The second-order valence-corrected chi connectivity index (χ2v) is 4.95. The predicted molar refractivity (Wildman–Crippen MR) is 87.0 cm³/mol. The summed E-state index contributed by atoms with van der Waals surface area (Å²) in [6, 6.07) is 19.8. The maximum atomic E-state index is 5.84. The number of nitrogens with zero attached hydrogens (tertiary/aromatic N) is 3. The number of imidazole rings is 1. The highest BCUT2D eigenvalue weighted by molar-refractivity contribution is 5.90. The van der Waals surface area contributed by atoms with Crippen LogP contribution in [0.4, 0.5) is 5.95 Å². The standard InChI is InChI=1S/C17H13N5/c18-17-20-13(11-7-3-1-4-8-11)14-16(22-17)21-15(19-14)12-9-5-2-6-10-12/h1-10H,(H3,18,19,20,21,22). The van der Waals surface area contributed by atoms with Gasteiger partial charge in [0.05, 0.1) is 0 Å². The first-order chi connectivity index (χ1) is 10.8. The van der Waals surface area contributed by atoms with Crippen LogP contribution < -0.4 is 5.73 Å². The zero-order valence-corrected chi connectivity index (χ0v) is 11.7. The zero-order chi connectivity index (χ0) is 14.9. The third-order valence-electron chi connectivity index (χ3n) is 3.46. The van der Waals surface area contributed by atoms with Crippen LogP contribution in [0.3, 0.4) is 0 Å². The van der Waals surface area contributed by atoms with Gasteiger partial charge in [0.25, 0.3) is 0 Å². The fraction of sp³-hybridized carbons (Fsp3) is 0. The molecule has 0 bridgehead atoms. The van der Waals surface area contributed by atoms with Gasteiger partial charge < -0.3 is 10.7 Å². The molecule has 4 rings (SSSR count). The van der Waals surface area contributed by atoms with E-state index in [-0.39, 0.29) is 5.95 Å². The summed E-state index contributed by atoms with van der Waals surface area (Å²) in [6.07, 6.45) is 0. The van der Waals surface area contributed by atoms with Gasteiger partial charge in [-0.15, -0.1) is 0 Å². The number of rotatable bonds is 2. The Kier molecular flexibility index (Phi) is 2.83. The molecule has 0 saturated carbocycles. The summed E-state index contributed by atoms with van der Waals surface area (Å²) in [5.41, 5.74) is 9.91. The van der Waals surface area contributed by atoms with Gasteiger partial charge in [-0.25, -0.2) is 9.97 Å². The molecule has 0 unspecified atom stereocenters. The molecule has 2 heterocycles. The van der Waals surface area contributed by atoms with Gasteiger partial charge in [-0.2, -0.15) is 4.98 Å². The van der Waals surface area contributed by atoms with Crippen LogP contribution in [0.2, 0.25) is 0 Å². The molecule has 4 aromatic rings. The second kappa shape index (κ2) is 4.96. The van der Waals surface area contributed by atoms with Gasteiger partial charge in [0, 0.05) is 11.1 Å². The van der Waals surface area contributed by atoms with Crippen LogP contribution in [-0.4, -0.2) is 19.9 Å². The van der Waals surface area contributed by atoms with E-state index in [1.165, 1.54) is 0 Å². The first-order valence-corrected chi connectivity index (χ1v) is 6.95. The maximum absolute atomic E-state index is 5.84. The fourth-order valence-corrected chi connectivity index (χ4v) is 2.45. The third kappa shape index (κ3) is 2.09. The Morgan fingerprint density at radius 2 is 1.36 bits per heavy atom. The van der Waals surface area contributed by atoms with Crippen molar-refractivity contribution in [2.45, 2.75) is 0 Å². The van der Waals surface area contributed by atoms with E-state index in [9.17, 15) is 0 Å². The van der Waals surface area contributed by atoms with Crippen LogP contribution in [0.5, 0.6) is 0 Å². The topological polar surface area (TPSA) is 80.5 Å². The summed E-state index contributed by atoms with van der Waals surface area (Å²) in [5.74, 6) is 0.988. The normalized spacial score (nSPS) is 10.9. The molecular weight excluding hydrogens is 274 g/mol. The van der Waals surface area contributed by atoms with Crippen LogP contribution >= 0.6 is 0 Å². The van der Waals surface area contributed by atoms with Gasteiger partial charge >= 0.3 is 0 Å². The van der Waals surface area contributed by atoms with E-state index >= 15 is 0 Å². The number of aromatic nitrogens is 4. The van der Waals surface area contributed by atoms with Gasteiger partial charge in [0.2, 0.25) is 5.95 Å². The Balaban J connectivity index is 1.97. The maximum Gasteiger partial charge on any atom is 0.222 e. The van der Waals surface area contributed by atoms with Gasteiger partial charge in [-0.05, 0) is 0 Å². The summed E-state index contributed by atoms with van der Waals surface area (Å²) in [5, 5.41) is 0. The molecule has 0 spiro atoms. The highest BCUT2D eigenvalue weighted by Crippen LogP contribution is 2.27. The molecule has 0 atom stereocenters. The lowest BCUT2D eigenvalue weighted by molar-refractivity contribution is 1.22. The van der Waals surface area contributed by atoms with Crippen molar-refractivity contribution in [2.75, 3.05) is 5.73 Å². The molecular formula is C17H13N5. The number of hydrogen-bond donors (Lipinski definition) is 2. The number of nitrogens with one attached hydrogen (secondary N) is 1. The molecule has 0 radical (unpaired) electrons. The number of nitrogens with two attached hydrogens (primary N) is 1. The van der Waals surface area contributed by atoms with Crippen molar-refractivity contribution < 1.29 is 0 Å². The molecule has 5 nitrogen and oxygen atoms in total. The van der Waals surface area contributed by atoms with Gasteiger partial charge in [0.15, 0.2) is 5.65 Å². The highest BCUT2D eigenvalue weighted by atomic mass is 15.1. The molecule has 5 heteroatoms. The quantitative estimate of drug-likeness (QED) is 0.593. The molecule has 3 N–H and O–H groups in total. The molecule has 0 aliphatic carbocycles. The summed E-state index contributed by atoms with van der Waals surface area (Å²) >= 11 is 0. The van der Waals surface area contributed by atoms with Gasteiger partial charge in [-0.3, -0.25) is 0 Å². The largest absolute Gasteiger partial charge is 0.368 e.